The maximum Gasteiger partial charge on any atom is 0.196 e. The average molecular weight is 346 g/mol. The molecular weight excluding hydrogens is 324 g/mol. The van der Waals surface area contributed by atoms with Gasteiger partial charge in [-0.1, -0.05) is 91.0 Å². The molecule has 0 aromatic heterocycles. The van der Waals surface area contributed by atoms with E-state index in [-0.39, 0.29) is 11.6 Å². The van der Waals surface area contributed by atoms with E-state index in [1.165, 1.54) is 0 Å². The summed E-state index contributed by atoms with van der Waals surface area (Å²) < 4.78 is 5.30. The van der Waals surface area contributed by atoms with Gasteiger partial charge in [-0.05, 0) is 12.5 Å². The molecule has 3 aromatic carbocycles. The molecule has 0 spiro atoms. The summed E-state index contributed by atoms with van der Waals surface area (Å²) in [5.41, 5.74) is 2.32. The number of ketones is 2. The van der Waals surface area contributed by atoms with Gasteiger partial charge in [0.05, 0.1) is 0 Å². The number of rotatable bonds is 5. The SMILES string of the molecule is CC(=O)c1ccccc1.COC(C(=O)c1ccccc1)c1ccccc1. The molecule has 3 heteroatoms. The van der Waals surface area contributed by atoms with Gasteiger partial charge in [0.1, 0.15) is 6.10 Å². The van der Waals surface area contributed by atoms with Crippen LogP contribution >= 0.6 is 0 Å². The maximum absolute atomic E-state index is 12.3. The van der Waals surface area contributed by atoms with Crippen LogP contribution in [0.25, 0.3) is 0 Å². The normalized spacial score (nSPS) is 11.0. The van der Waals surface area contributed by atoms with Crippen LogP contribution < -0.4 is 0 Å². The monoisotopic (exact) mass is 346 g/mol. The van der Waals surface area contributed by atoms with Crippen molar-refractivity contribution in [3.05, 3.63) is 108 Å². The number of methoxy groups -OCH3 is 1. The van der Waals surface area contributed by atoms with Gasteiger partial charge < -0.3 is 4.74 Å². The molecule has 0 saturated heterocycles. The van der Waals surface area contributed by atoms with E-state index in [9.17, 15) is 9.59 Å². The number of carbonyl (C=O) groups is 2. The first-order chi connectivity index (χ1) is 12.6. The first-order valence-corrected chi connectivity index (χ1v) is 8.36. The molecule has 0 amide bonds. The first kappa shape index (κ1) is 19.3. The highest BCUT2D eigenvalue weighted by Gasteiger charge is 2.20. The van der Waals surface area contributed by atoms with Crippen LogP contribution in [0.15, 0.2) is 91.0 Å². The standard InChI is InChI=1S/C15H14O2.C8H8O/c1-17-15(13-10-6-3-7-11-13)14(16)12-8-4-2-5-9-12;1-7(9)8-5-3-2-4-6-8/h2-11,15H,1H3;2-6H,1H3. The molecule has 0 radical (unpaired) electrons. The van der Waals surface area contributed by atoms with Crippen molar-refractivity contribution in [1.82, 2.24) is 0 Å². The fourth-order valence-electron chi connectivity index (χ4n) is 2.45. The van der Waals surface area contributed by atoms with Gasteiger partial charge in [-0.15, -0.1) is 0 Å². The zero-order valence-corrected chi connectivity index (χ0v) is 15.0. The van der Waals surface area contributed by atoms with Crippen molar-refractivity contribution in [3.8, 4) is 0 Å². The molecule has 0 N–H and O–H groups in total. The predicted octanol–water partition coefficient (Wildman–Crippen LogP) is 5.15. The Balaban J connectivity index is 0.000000228. The third-order valence-electron chi connectivity index (χ3n) is 3.81. The molecule has 0 saturated carbocycles. The van der Waals surface area contributed by atoms with E-state index < -0.39 is 6.10 Å². The highest BCUT2D eigenvalue weighted by atomic mass is 16.5. The Hall–Kier alpha value is -3.04. The second-order valence-corrected chi connectivity index (χ2v) is 5.68. The molecule has 1 unspecified atom stereocenters. The zero-order chi connectivity index (χ0) is 18.8. The van der Waals surface area contributed by atoms with Gasteiger partial charge in [-0.2, -0.15) is 0 Å². The van der Waals surface area contributed by atoms with E-state index in [0.29, 0.717) is 5.56 Å². The summed E-state index contributed by atoms with van der Waals surface area (Å²) in [4.78, 5) is 22.9. The molecule has 132 valence electrons. The number of hydrogen-bond donors (Lipinski definition) is 0. The lowest BCUT2D eigenvalue weighted by molar-refractivity contribution is 0.0604. The third kappa shape index (κ3) is 5.50. The molecule has 3 rings (SSSR count). The number of hydrogen-bond acceptors (Lipinski definition) is 3. The highest BCUT2D eigenvalue weighted by molar-refractivity contribution is 6.00. The maximum atomic E-state index is 12.3. The molecule has 0 aliphatic rings. The van der Waals surface area contributed by atoms with Crippen LogP contribution in [0.2, 0.25) is 0 Å². The summed E-state index contributed by atoms with van der Waals surface area (Å²) in [6.07, 6.45) is -0.529. The van der Waals surface area contributed by atoms with Crippen molar-refractivity contribution in [3.63, 3.8) is 0 Å². The van der Waals surface area contributed by atoms with E-state index in [0.717, 1.165) is 11.1 Å². The largest absolute Gasteiger partial charge is 0.369 e. The molecule has 0 bridgehead atoms. The van der Waals surface area contributed by atoms with Crippen LogP contribution in [-0.4, -0.2) is 18.7 Å². The van der Waals surface area contributed by atoms with Gasteiger partial charge in [0.15, 0.2) is 11.6 Å². The van der Waals surface area contributed by atoms with E-state index >= 15 is 0 Å². The molecule has 26 heavy (non-hydrogen) atoms. The molecule has 0 aliphatic heterocycles. The van der Waals surface area contributed by atoms with Crippen LogP contribution in [0.3, 0.4) is 0 Å². The Morgan fingerprint density at radius 2 is 1.12 bits per heavy atom. The van der Waals surface area contributed by atoms with Gasteiger partial charge in [0.25, 0.3) is 0 Å². The zero-order valence-electron chi connectivity index (χ0n) is 15.0. The molecule has 0 aliphatic carbocycles. The van der Waals surface area contributed by atoms with Crippen LogP contribution in [0, 0.1) is 0 Å². The summed E-state index contributed by atoms with van der Waals surface area (Å²) in [7, 11) is 1.55. The minimum atomic E-state index is -0.529. The average Bonchev–Trinajstić information content (AvgIpc) is 2.71. The van der Waals surface area contributed by atoms with E-state index in [1.54, 1.807) is 26.2 Å². The summed E-state index contributed by atoms with van der Waals surface area (Å²) in [6, 6.07) is 27.9. The molecule has 0 fully saturated rings. The summed E-state index contributed by atoms with van der Waals surface area (Å²) in [5.74, 6) is 0.106. The second-order valence-electron chi connectivity index (χ2n) is 5.68. The van der Waals surface area contributed by atoms with Gasteiger partial charge >= 0.3 is 0 Å². The number of benzene rings is 3. The summed E-state index contributed by atoms with van der Waals surface area (Å²) in [5, 5.41) is 0. The van der Waals surface area contributed by atoms with Crippen LogP contribution in [-0.2, 0) is 4.74 Å². The van der Waals surface area contributed by atoms with Crippen molar-refractivity contribution in [2.45, 2.75) is 13.0 Å². The lowest BCUT2D eigenvalue weighted by Gasteiger charge is -2.14. The number of ether oxygens (including phenoxy) is 1. The molecule has 0 heterocycles. The third-order valence-corrected chi connectivity index (χ3v) is 3.81. The lowest BCUT2D eigenvalue weighted by atomic mass is 10.00. The minimum Gasteiger partial charge on any atom is -0.369 e. The molecule has 3 aromatic rings. The van der Waals surface area contributed by atoms with Crippen molar-refractivity contribution in [2.75, 3.05) is 7.11 Å². The van der Waals surface area contributed by atoms with Crippen molar-refractivity contribution >= 4 is 11.6 Å². The number of carbonyl (C=O) groups excluding carboxylic acids is 2. The Morgan fingerprint density at radius 1 is 0.692 bits per heavy atom. The lowest BCUT2D eigenvalue weighted by Crippen LogP contribution is -2.14. The van der Waals surface area contributed by atoms with E-state index in [2.05, 4.69) is 0 Å². The fraction of sp³-hybridized carbons (Fsp3) is 0.130. The quantitative estimate of drug-likeness (QED) is 0.600. The summed E-state index contributed by atoms with van der Waals surface area (Å²) in [6.45, 7) is 1.56. The minimum absolute atomic E-state index is 0.0145. The van der Waals surface area contributed by atoms with Gasteiger partial charge in [0, 0.05) is 18.2 Å². The van der Waals surface area contributed by atoms with Crippen LogP contribution in [0.5, 0.6) is 0 Å². The first-order valence-electron chi connectivity index (χ1n) is 8.36. The van der Waals surface area contributed by atoms with E-state index in [4.69, 9.17) is 4.74 Å². The summed E-state index contributed by atoms with van der Waals surface area (Å²) >= 11 is 0. The Bertz CT molecular complexity index is 812. The Morgan fingerprint density at radius 3 is 1.50 bits per heavy atom. The smallest absolute Gasteiger partial charge is 0.196 e. The molecule has 3 nitrogen and oxygen atoms in total. The number of Topliss-reactive ketones (excluding diaryl/α,β-unsaturated/α-hetero) is 2. The van der Waals surface area contributed by atoms with Crippen molar-refractivity contribution in [1.29, 1.82) is 0 Å². The van der Waals surface area contributed by atoms with Crippen LogP contribution in [0.1, 0.15) is 39.3 Å². The van der Waals surface area contributed by atoms with Gasteiger partial charge in [-0.3, -0.25) is 9.59 Å². The van der Waals surface area contributed by atoms with E-state index in [1.807, 2.05) is 78.9 Å². The fourth-order valence-corrected chi connectivity index (χ4v) is 2.45. The van der Waals surface area contributed by atoms with Crippen LogP contribution in [0.4, 0.5) is 0 Å². The van der Waals surface area contributed by atoms with Gasteiger partial charge in [-0.25, -0.2) is 0 Å². The van der Waals surface area contributed by atoms with Crippen molar-refractivity contribution < 1.29 is 14.3 Å². The van der Waals surface area contributed by atoms with Gasteiger partial charge in [0.2, 0.25) is 0 Å². The predicted molar refractivity (Wildman–Crippen MR) is 103 cm³/mol. The molecular formula is C23H22O3. The van der Waals surface area contributed by atoms with Crippen molar-refractivity contribution in [2.24, 2.45) is 0 Å². The topological polar surface area (TPSA) is 43.4 Å². The second kappa shape index (κ2) is 10.1. The molecule has 1 atom stereocenters. The Labute approximate surface area is 154 Å². The highest BCUT2D eigenvalue weighted by Crippen LogP contribution is 2.21. The Kier molecular flexibility index (Phi) is 7.47.